The summed E-state index contributed by atoms with van der Waals surface area (Å²) in [6.07, 6.45) is 2.30. The van der Waals surface area contributed by atoms with Crippen molar-refractivity contribution in [1.82, 2.24) is 10.2 Å². The van der Waals surface area contributed by atoms with Gasteiger partial charge in [0.1, 0.15) is 12.4 Å². The van der Waals surface area contributed by atoms with E-state index in [1.54, 1.807) is 12.1 Å². The van der Waals surface area contributed by atoms with Gasteiger partial charge in [0.15, 0.2) is 10.9 Å². The molecule has 0 fully saturated rings. The van der Waals surface area contributed by atoms with Crippen LogP contribution in [-0.2, 0) is 11.4 Å². The molecule has 7 heteroatoms. The number of carbonyl (C=O) groups is 1. The van der Waals surface area contributed by atoms with E-state index in [-0.39, 0.29) is 11.8 Å². The fourth-order valence-electron chi connectivity index (χ4n) is 3.77. The Morgan fingerprint density at radius 1 is 1.21 bits per heavy atom. The van der Waals surface area contributed by atoms with Crippen LogP contribution in [0.3, 0.4) is 0 Å². The molecule has 1 N–H and O–H groups in total. The van der Waals surface area contributed by atoms with Crippen LogP contribution in [0.5, 0.6) is 5.75 Å². The molecule has 1 heterocycles. The van der Waals surface area contributed by atoms with Crippen LogP contribution < -0.4 is 10.1 Å². The second-order valence-electron chi connectivity index (χ2n) is 7.18. The minimum absolute atomic E-state index is 0.178. The van der Waals surface area contributed by atoms with Gasteiger partial charge in [0.25, 0.3) is 0 Å². The average Bonchev–Trinajstić information content (AvgIpc) is 2.70. The van der Waals surface area contributed by atoms with Crippen LogP contribution >= 0.6 is 35.4 Å². The number of carbonyl (C=O) groups excluding carboxylic acids is 1. The van der Waals surface area contributed by atoms with Crippen LogP contribution in [0.25, 0.3) is 0 Å². The number of rotatable bonds is 4. The fraction of sp³-hybridized carbons (Fsp3) is 0.273. The van der Waals surface area contributed by atoms with Gasteiger partial charge in [-0.05, 0) is 54.9 Å². The van der Waals surface area contributed by atoms with Gasteiger partial charge in [-0.2, -0.15) is 0 Å². The standard InChI is InChI=1S/C22H20Cl2N2O2S/c1-26-18-6-3-7-19(27)20(18)21(25-22(26)29)13-4-2-5-16(10-13)28-12-14-8-9-15(23)11-17(14)24/h2,4-5,8-11,21H,3,6-7,12H2,1H3,(H,25,29). The van der Waals surface area contributed by atoms with E-state index in [1.165, 1.54) is 0 Å². The second-order valence-corrected chi connectivity index (χ2v) is 8.41. The second kappa shape index (κ2) is 8.34. The lowest BCUT2D eigenvalue weighted by atomic mass is 9.85. The number of ketones is 1. The van der Waals surface area contributed by atoms with Gasteiger partial charge in [-0.3, -0.25) is 4.79 Å². The van der Waals surface area contributed by atoms with Crippen molar-refractivity contribution in [3.05, 3.63) is 74.9 Å². The first-order valence-electron chi connectivity index (χ1n) is 9.41. The Morgan fingerprint density at radius 3 is 2.83 bits per heavy atom. The molecule has 0 amide bonds. The minimum atomic E-state index is -0.260. The number of thiocarbonyl (C=S) groups is 1. The zero-order valence-corrected chi connectivity index (χ0v) is 18.2. The van der Waals surface area contributed by atoms with E-state index in [9.17, 15) is 4.79 Å². The maximum atomic E-state index is 12.7. The zero-order valence-electron chi connectivity index (χ0n) is 15.9. The lowest BCUT2D eigenvalue weighted by molar-refractivity contribution is -0.116. The smallest absolute Gasteiger partial charge is 0.173 e. The largest absolute Gasteiger partial charge is 0.489 e. The third-order valence-electron chi connectivity index (χ3n) is 5.30. The van der Waals surface area contributed by atoms with Crippen LogP contribution in [-0.4, -0.2) is 22.8 Å². The molecule has 150 valence electrons. The van der Waals surface area contributed by atoms with Crippen molar-refractivity contribution in [3.63, 3.8) is 0 Å². The third kappa shape index (κ3) is 4.13. The number of ether oxygens (including phenoxy) is 1. The number of hydrogen-bond donors (Lipinski definition) is 1. The molecule has 0 saturated heterocycles. The molecule has 4 rings (SSSR count). The third-order valence-corrected chi connectivity index (χ3v) is 6.27. The molecule has 1 atom stereocenters. The first-order valence-corrected chi connectivity index (χ1v) is 10.6. The first-order chi connectivity index (χ1) is 13.9. The molecule has 0 radical (unpaired) electrons. The Balaban J connectivity index is 1.60. The maximum absolute atomic E-state index is 12.7. The summed E-state index contributed by atoms with van der Waals surface area (Å²) in [6, 6.07) is 12.8. The van der Waals surface area contributed by atoms with E-state index in [1.807, 2.05) is 42.3 Å². The molecule has 4 nitrogen and oxygen atoms in total. The minimum Gasteiger partial charge on any atom is -0.489 e. The molecule has 0 aromatic heterocycles. The van der Waals surface area contributed by atoms with Gasteiger partial charge in [-0.1, -0.05) is 41.4 Å². The van der Waals surface area contributed by atoms with Crippen molar-refractivity contribution in [2.45, 2.75) is 31.9 Å². The topological polar surface area (TPSA) is 41.6 Å². The molecule has 2 aromatic carbocycles. The molecule has 1 unspecified atom stereocenters. The highest BCUT2D eigenvalue weighted by atomic mass is 35.5. The molecular formula is C22H20Cl2N2O2S. The Hall–Kier alpha value is -2.08. The predicted molar refractivity (Wildman–Crippen MR) is 119 cm³/mol. The number of allylic oxidation sites excluding steroid dienone is 1. The molecule has 29 heavy (non-hydrogen) atoms. The molecule has 2 aromatic rings. The van der Waals surface area contributed by atoms with Crippen molar-refractivity contribution < 1.29 is 9.53 Å². The van der Waals surface area contributed by atoms with E-state index < -0.39 is 0 Å². The quantitative estimate of drug-likeness (QED) is 0.633. The molecule has 1 aliphatic carbocycles. The SMILES string of the molecule is CN1C(=S)NC(c2cccc(OCc3ccc(Cl)cc3Cl)c2)C2=C1CCCC2=O. The van der Waals surface area contributed by atoms with E-state index >= 15 is 0 Å². The van der Waals surface area contributed by atoms with Gasteiger partial charge < -0.3 is 15.0 Å². The number of hydrogen-bond acceptors (Lipinski definition) is 3. The molecule has 0 bridgehead atoms. The molecule has 0 spiro atoms. The van der Waals surface area contributed by atoms with Crippen molar-refractivity contribution in [3.8, 4) is 5.75 Å². The number of nitrogens with zero attached hydrogens (tertiary/aromatic N) is 1. The molecule has 1 aliphatic heterocycles. The van der Waals surface area contributed by atoms with Crippen molar-refractivity contribution in [1.29, 1.82) is 0 Å². The highest BCUT2D eigenvalue weighted by Crippen LogP contribution is 2.37. The number of benzene rings is 2. The Labute approximate surface area is 185 Å². The van der Waals surface area contributed by atoms with E-state index in [0.717, 1.165) is 35.2 Å². The van der Waals surface area contributed by atoms with Gasteiger partial charge in [0.05, 0.1) is 6.04 Å². The highest BCUT2D eigenvalue weighted by Gasteiger charge is 2.35. The Morgan fingerprint density at radius 2 is 2.03 bits per heavy atom. The fourth-order valence-corrected chi connectivity index (χ4v) is 4.46. The molecular weight excluding hydrogens is 427 g/mol. The molecule has 0 saturated carbocycles. The summed E-state index contributed by atoms with van der Waals surface area (Å²) in [5.74, 6) is 0.878. The van der Waals surface area contributed by atoms with Gasteiger partial charge in [-0.25, -0.2) is 0 Å². The summed E-state index contributed by atoms with van der Waals surface area (Å²) < 4.78 is 5.96. The lowest BCUT2D eigenvalue weighted by Crippen LogP contribution is -2.47. The average molecular weight is 447 g/mol. The Kier molecular flexibility index (Phi) is 5.81. The van der Waals surface area contributed by atoms with E-state index in [4.69, 9.17) is 40.2 Å². The van der Waals surface area contributed by atoms with Gasteiger partial charge >= 0.3 is 0 Å². The summed E-state index contributed by atoms with van der Waals surface area (Å²) in [6.45, 7) is 0.325. The lowest BCUT2D eigenvalue weighted by Gasteiger charge is -2.39. The van der Waals surface area contributed by atoms with Crippen molar-refractivity contribution >= 4 is 46.3 Å². The van der Waals surface area contributed by atoms with Crippen LogP contribution in [0.4, 0.5) is 0 Å². The van der Waals surface area contributed by atoms with Crippen LogP contribution in [0.1, 0.15) is 36.4 Å². The summed E-state index contributed by atoms with van der Waals surface area (Å²) in [4.78, 5) is 14.6. The zero-order chi connectivity index (χ0) is 20.5. The number of nitrogens with one attached hydrogen (secondary N) is 1. The van der Waals surface area contributed by atoms with Crippen molar-refractivity contribution in [2.24, 2.45) is 0 Å². The summed E-state index contributed by atoms with van der Waals surface area (Å²) in [5.41, 5.74) is 3.63. The van der Waals surface area contributed by atoms with Gasteiger partial charge in [-0.15, -0.1) is 0 Å². The normalized spacial score (nSPS) is 19.1. The predicted octanol–water partition coefficient (Wildman–Crippen LogP) is 5.44. The van der Waals surface area contributed by atoms with Crippen molar-refractivity contribution in [2.75, 3.05) is 7.05 Å². The van der Waals surface area contributed by atoms with E-state index in [0.29, 0.717) is 33.9 Å². The van der Waals surface area contributed by atoms with Crippen LogP contribution in [0.15, 0.2) is 53.7 Å². The summed E-state index contributed by atoms with van der Waals surface area (Å²) >= 11 is 17.7. The number of halogens is 2. The monoisotopic (exact) mass is 446 g/mol. The van der Waals surface area contributed by atoms with Gasteiger partial charge in [0, 0.05) is 40.3 Å². The molecule has 2 aliphatic rings. The first kappa shape index (κ1) is 20.2. The van der Waals surface area contributed by atoms with Gasteiger partial charge in [0.2, 0.25) is 0 Å². The van der Waals surface area contributed by atoms with Crippen LogP contribution in [0, 0.1) is 0 Å². The number of Topliss-reactive ketones (excluding diaryl/α,β-unsaturated/α-hetero) is 1. The summed E-state index contributed by atoms with van der Waals surface area (Å²) in [7, 11) is 1.91. The van der Waals surface area contributed by atoms with E-state index in [2.05, 4.69) is 5.32 Å². The van der Waals surface area contributed by atoms with Crippen LogP contribution in [0.2, 0.25) is 10.0 Å². The highest BCUT2D eigenvalue weighted by molar-refractivity contribution is 7.80. The maximum Gasteiger partial charge on any atom is 0.173 e. The summed E-state index contributed by atoms with van der Waals surface area (Å²) in [5, 5.41) is 5.10. The Bertz CT molecular complexity index is 1020.